The highest BCUT2D eigenvalue weighted by atomic mass is 16.5. The average molecular weight is 268 g/mol. The van der Waals surface area contributed by atoms with Crippen LogP contribution in [0.25, 0.3) is 0 Å². The highest BCUT2D eigenvalue weighted by molar-refractivity contribution is 5.77. The van der Waals surface area contributed by atoms with E-state index in [0.29, 0.717) is 12.4 Å². The lowest BCUT2D eigenvalue weighted by Crippen LogP contribution is -2.32. The molecule has 0 aliphatic carbocycles. The molecule has 1 aromatic rings. The standard InChI is InChI=1S/C13H20N2O4/c1-4-18-13(17)14-8-7-12(16)15-10(3)11-6-5-9(2)19-11/h5-6,10H,4,7-8H2,1-3H3,(H,14,17)(H,15,16). The zero-order chi connectivity index (χ0) is 14.3. The summed E-state index contributed by atoms with van der Waals surface area (Å²) in [7, 11) is 0. The number of hydrogen-bond donors (Lipinski definition) is 2. The first-order valence-corrected chi connectivity index (χ1v) is 6.29. The van der Waals surface area contributed by atoms with Gasteiger partial charge in [0.05, 0.1) is 12.6 Å². The Hall–Kier alpha value is -1.98. The SMILES string of the molecule is CCOC(=O)NCCC(=O)NC(C)c1ccc(C)o1. The molecule has 0 saturated heterocycles. The Labute approximate surface area is 112 Å². The average Bonchev–Trinajstić information content (AvgIpc) is 2.76. The van der Waals surface area contributed by atoms with Crippen LogP contribution in [-0.2, 0) is 9.53 Å². The third-order valence-electron chi connectivity index (χ3n) is 2.46. The topological polar surface area (TPSA) is 80.6 Å². The molecule has 0 radical (unpaired) electrons. The molecule has 0 fully saturated rings. The second-order valence-corrected chi connectivity index (χ2v) is 4.13. The molecule has 0 saturated carbocycles. The van der Waals surface area contributed by atoms with Gasteiger partial charge in [-0.2, -0.15) is 0 Å². The van der Waals surface area contributed by atoms with Crippen molar-refractivity contribution in [2.45, 2.75) is 33.2 Å². The van der Waals surface area contributed by atoms with Crippen molar-refractivity contribution in [3.05, 3.63) is 23.7 Å². The van der Waals surface area contributed by atoms with Crippen LogP contribution < -0.4 is 10.6 Å². The van der Waals surface area contributed by atoms with Gasteiger partial charge in [-0.25, -0.2) is 4.79 Å². The van der Waals surface area contributed by atoms with Crippen LogP contribution in [0.3, 0.4) is 0 Å². The molecule has 0 aromatic carbocycles. The van der Waals surface area contributed by atoms with Crippen molar-refractivity contribution in [3.63, 3.8) is 0 Å². The van der Waals surface area contributed by atoms with Gasteiger partial charge in [-0.3, -0.25) is 4.79 Å². The number of hydrogen-bond acceptors (Lipinski definition) is 4. The molecule has 106 valence electrons. The summed E-state index contributed by atoms with van der Waals surface area (Å²) in [6.07, 6.45) is -0.312. The van der Waals surface area contributed by atoms with E-state index in [1.54, 1.807) is 6.92 Å². The van der Waals surface area contributed by atoms with Crippen molar-refractivity contribution >= 4 is 12.0 Å². The maximum Gasteiger partial charge on any atom is 0.407 e. The predicted octanol–water partition coefficient (Wildman–Crippen LogP) is 1.90. The first kappa shape index (κ1) is 15.1. The number of carbonyl (C=O) groups is 2. The van der Waals surface area contributed by atoms with Gasteiger partial charge in [0.15, 0.2) is 0 Å². The summed E-state index contributed by atoms with van der Waals surface area (Å²) < 4.78 is 10.1. The van der Waals surface area contributed by atoms with Crippen LogP contribution in [0.1, 0.15) is 37.8 Å². The van der Waals surface area contributed by atoms with Crippen LogP contribution in [0.2, 0.25) is 0 Å². The molecular formula is C13H20N2O4. The summed E-state index contributed by atoms with van der Waals surface area (Å²) >= 11 is 0. The van der Waals surface area contributed by atoms with Gasteiger partial charge in [0.25, 0.3) is 0 Å². The lowest BCUT2D eigenvalue weighted by atomic mass is 10.2. The minimum absolute atomic E-state index is 0.154. The largest absolute Gasteiger partial charge is 0.464 e. The number of amides is 2. The highest BCUT2D eigenvalue weighted by Gasteiger charge is 2.12. The van der Waals surface area contributed by atoms with E-state index in [2.05, 4.69) is 15.4 Å². The molecule has 1 aromatic heterocycles. The van der Waals surface area contributed by atoms with E-state index in [1.165, 1.54) is 0 Å². The molecular weight excluding hydrogens is 248 g/mol. The molecule has 0 aliphatic rings. The smallest absolute Gasteiger partial charge is 0.407 e. The minimum atomic E-state index is -0.509. The van der Waals surface area contributed by atoms with Gasteiger partial charge in [0.1, 0.15) is 11.5 Å². The summed E-state index contributed by atoms with van der Waals surface area (Å²) in [6, 6.07) is 3.49. The van der Waals surface area contributed by atoms with Crippen molar-refractivity contribution in [2.24, 2.45) is 0 Å². The molecule has 0 bridgehead atoms. The number of ether oxygens (including phenoxy) is 1. The van der Waals surface area contributed by atoms with E-state index in [4.69, 9.17) is 4.42 Å². The van der Waals surface area contributed by atoms with Crippen molar-refractivity contribution in [1.29, 1.82) is 0 Å². The number of nitrogens with one attached hydrogen (secondary N) is 2. The van der Waals surface area contributed by atoms with E-state index in [9.17, 15) is 9.59 Å². The van der Waals surface area contributed by atoms with Crippen LogP contribution >= 0.6 is 0 Å². The number of rotatable bonds is 6. The fourth-order valence-electron chi connectivity index (χ4n) is 1.53. The van der Waals surface area contributed by atoms with Crippen LogP contribution in [0, 0.1) is 6.92 Å². The summed E-state index contributed by atoms with van der Waals surface area (Å²) in [5.41, 5.74) is 0. The summed E-state index contributed by atoms with van der Waals surface area (Å²) in [4.78, 5) is 22.6. The molecule has 0 spiro atoms. The molecule has 6 nitrogen and oxygen atoms in total. The van der Waals surface area contributed by atoms with Crippen LogP contribution in [0.5, 0.6) is 0 Å². The molecule has 1 heterocycles. The Morgan fingerprint density at radius 2 is 2.16 bits per heavy atom. The second-order valence-electron chi connectivity index (χ2n) is 4.13. The molecule has 0 aliphatic heterocycles. The summed E-state index contributed by atoms with van der Waals surface area (Å²) in [5.74, 6) is 1.36. The lowest BCUT2D eigenvalue weighted by Gasteiger charge is -2.11. The fraction of sp³-hybridized carbons (Fsp3) is 0.538. The molecule has 19 heavy (non-hydrogen) atoms. The van der Waals surface area contributed by atoms with Crippen LogP contribution in [-0.4, -0.2) is 25.2 Å². The zero-order valence-corrected chi connectivity index (χ0v) is 11.5. The first-order chi connectivity index (χ1) is 9.02. The van der Waals surface area contributed by atoms with Gasteiger partial charge in [-0.15, -0.1) is 0 Å². The second kappa shape index (κ2) is 7.45. The summed E-state index contributed by atoms with van der Waals surface area (Å²) in [6.45, 7) is 5.97. The number of alkyl carbamates (subject to hydrolysis) is 1. The zero-order valence-electron chi connectivity index (χ0n) is 11.5. The Balaban J connectivity index is 2.25. The van der Waals surface area contributed by atoms with E-state index < -0.39 is 6.09 Å². The van der Waals surface area contributed by atoms with Gasteiger partial charge in [0, 0.05) is 13.0 Å². The van der Waals surface area contributed by atoms with Crippen molar-refractivity contribution in [2.75, 3.05) is 13.2 Å². The van der Waals surface area contributed by atoms with E-state index in [0.717, 1.165) is 5.76 Å². The third-order valence-corrected chi connectivity index (χ3v) is 2.46. The van der Waals surface area contributed by atoms with Crippen molar-refractivity contribution in [3.8, 4) is 0 Å². The van der Waals surface area contributed by atoms with Gasteiger partial charge >= 0.3 is 6.09 Å². The normalized spacial score (nSPS) is 11.7. The lowest BCUT2D eigenvalue weighted by molar-refractivity contribution is -0.121. The maximum absolute atomic E-state index is 11.6. The molecule has 2 amide bonds. The first-order valence-electron chi connectivity index (χ1n) is 6.29. The Bertz CT molecular complexity index is 428. The van der Waals surface area contributed by atoms with Gasteiger partial charge in [-0.05, 0) is 32.9 Å². The van der Waals surface area contributed by atoms with Crippen LogP contribution in [0.4, 0.5) is 4.79 Å². The Morgan fingerprint density at radius 3 is 2.74 bits per heavy atom. The predicted molar refractivity (Wildman–Crippen MR) is 69.6 cm³/mol. The molecule has 1 atom stereocenters. The number of aryl methyl sites for hydroxylation is 1. The number of furan rings is 1. The molecule has 1 unspecified atom stereocenters. The van der Waals surface area contributed by atoms with Crippen molar-refractivity contribution < 1.29 is 18.7 Å². The molecule has 6 heteroatoms. The van der Waals surface area contributed by atoms with Crippen LogP contribution in [0.15, 0.2) is 16.5 Å². The summed E-state index contributed by atoms with van der Waals surface area (Å²) in [5, 5.41) is 5.28. The van der Waals surface area contributed by atoms with E-state index >= 15 is 0 Å². The van der Waals surface area contributed by atoms with Crippen molar-refractivity contribution in [1.82, 2.24) is 10.6 Å². The van der Waals surface area contributed by atoms with E-state index in [-0.39, 0.29) is 24.9 Å². The highest BCUT2D eigenvalue weighted by Crippen LogP contribution is 2.15. The number of carbonyl (C=O) groups excluding carboxylic acids is 2. The quantitative estimate of drug-likeness (QED) is 0.825. The molecule has 2 N–H and O–H groups in total. The Morgan fingerprint density at radius 1 is 1.42 bits per heavy atom. The third kappa shape index (κ3) is 5.46. The van der Waals surface area contributed by atoms with Gasteiger partial charge in [0.2, 0.25) is 5.91 Å². The maximum atomic E-state index is 11.6. The van der Waals surface area contributed by atoms with E-state index in [1.807, 2.05) is 26.0 Å². The van der Waals surface area contributed by atoms with Gasteiger partial charge < -0.3 is 19.8 Å². The fourth-order valence-corrected chi connectivity index (χ4v) is 1.53. The Kier molecular flexibility index (Phi) is 5.92. The van der Waals surface area contributed by atoms with Gasteiger partial charge in [-0.1, -0.05) is 0 Å². The monoisotopic (exact) mass is 268 g/mol. The minimum Gasteiger partial charge on any atom is -0.464 e. The molecule has 1 rings (SSSR count).